The van der Waals surface area contributed by atoms with E-state index in [1.54, 1.807) is 0 Å². The topological polar surface area (TPSA) is 26.3 Å². The van der Waals surface area contributed by atoms with Crippen molar-refractivity contribution in [2.24, 2.45) is 0 Å². The molecule has 1 aromatic rings. The van der Waals surface area contributed by atoms with Crippen LogP contribution < -0.4 is 5.30 Å². The predicted octanol–water partition coefficient (Wildman–Crippen LogP) is 2.19. The van der Waals surface area contributed by atoms with Crippen molar-refractivity contribution >= 4 is 18.9 Å². The van der Waals surface area contributed by atoms with E-state index in [1.165, 1.54) is 7.11 Å². The van der Waals surface area contributed by atoms with Crippen LogP contribution in [-0.4, -0.2) is 19.5 Å². The second-order valence-electron chi connectivity index (χ2n) is 2.36. The summed E-state index contributed by atoms with van der Waals surface area (Å²) in [5.41, 5.74) is -0.129. The molecule has 0 aliphatic heterocycles. The molecule has 3 heteroatoms. The molecule has 0 N–H and O–H groups in total. The van der Waals surface area contributed by atoms with E-state index in [0.29, 0.717) is 0 Å². The van der Waals surface area contributed by atoms with Crippen LogP contribution in [0.3, 0.4) is 0 Å². The summed E-state index contributed by atoms with van der Waals surface area (Å²) in [6.45, 7) is 1.90. The van der Waals surface area contributed by atoms with Gasteiger partial charge in [0.25, 0.3) is 0 Å². The second kappa shape index (κ2) is 4.22. The Balaban J connectivity index is 2.78. The Hall–Kier alpha value is -0.880. The molecule has 1 unspecified atom stereocenters. The van der Waals surface area contributed by atoms with Gasteiger partial charge in [-0.15, -0.1) is 0 Å². The Morgan fingerprint density at radius 2 is 1.92 bits per heavy atom. The SMILES string of the molecule is COC(=O)P(C)c1ccccc1. The molecule has 2 nitrogen and oxygen atoms in total. The summed E-state index contributed by atoms with van der Waals surface area (Å²) in [7, 11) is 0.623. The first-order chi connectivity index (χ1) is 5.75. The summed E-state index contributed by atoms with van der Waals surface area (Å²) in [5.74, 6) is 0. The van der Waals surface area contributed by atoms with Crippen LogP contribution in [0.4, 0.5) is 4.79 Å². The van der Waals surface area contributed by atoms with Crippen molar-refractivity contribution in [1.29, 1.82) is 0 Å². The highest BCUT2D eigenvalue weighted by atomic mass is 31.1. The van der Waals surface area contributed by atoms with E-state index in [4.69, 9.17) is 0 Å². The molecule has 0 fully saturated rings. The third-order valence-corrected chi connectivity index (χ3v) is 3.40. The lowest BCUT2D eigenvalue weighted by Crippen LogP contribution is -2.06. The molecule has 12 heavy (non-hydrogen) atoms. The molecule has 0 bridgehead atoms. The number of carbonyl (C=O) groups is 1. The maximum Gasteiger partial charge on any atom is 0.330 e. The summed E-state index contributed by atoms with van der Waals surface area (Å²) in [6.07, 6.45) is 0. The first kappa shape index (κ1) is 9.21. The lowest BCUT2D eigenvalue weighted by Gasteiger charge is -2.08. The van der Waals surface area contributed by atoms with Crippen molar-refractivity contribution in [3.63, 3.8) is 0 Å². The fourth-order valence-electron chi connectivity index (χ4n) is 0.894. The Labute approximate surface area is 73.3 Å². The van der Waals surface area contributed by atoms with E-state index < -0.39 is 7.92 Å². The monoisotopic (exact) mass is 182 g/mol. The van der Waals surface area contributed by atoms with Crippen molar-refractivity contribution in [3.05, 3.63) is 30.3 Å². The van der Waals surface area contributed by atoms with E-state index >= 15 is 0 Å². The average molecular weight is 182 g/mol. The van der Waals surface area contributed by atoms with Crippen molar-refractivity contribution in [3.8, 4) is 0 Å². The third kappa shape index (κ3) is 2.05. The van der Waals surface area contributed by atoms with Crippen molar-refractivity contribution < 1.29 is 9.53 Å². The first-order valence-corrected chi connectivity index (χ1v) is 5.41. The average Bonchev–Trinajstić information content (AvgIpc) is 2.17. The van der Waals surface area contributed by atoms with E-state index in [0.717, 1.165) is 5.30 Å². The van der Waals surface area contributed by atoms with Gasteiger partial charge in [0.05, 0.1) is 7.11 Å². The lowest BCUT2D eigenvalue weighted by molar-refractivity contribution is 0.199. The number of hydrogen-bond acceptors (Lipinski definition) is 2. The molecular formula is C9H11O2P. The molecule has 0 saturated carbocycles. The molecule has 0 aromatic heterocycles. The third-order valence-electron chi connectivity index (χ3n) is 1.59. The minimum atomic E-state index is -0.798. The Morgan fingerprint density at radius 1 is 1.33 bits per heavy atom. The maximum absolute atomic E-state index is 11.1. The van der Waals surface area contributed by atoms with Gasteiger partial charge in [0.2, 0.25) is 0 Å². The minimum absolute atomic E-state index is 0.129. The number of benzene rings is 1. The molecule has 0 heterocycles. The summed E-state index contributed by atoms with van der Waals surface area (Å²) in [4.78, 5) is 11.1. The Kier molecular flexibility index (Phi) is 3.24. The van der Waals surface area contributed by atoms with Crippen molar-refractivity contribution in [2.45, 2.75) is 0 Å². The summed E-state index contributed by atoms with van der Waals surface area (Å²) in [6, 6.07) is 9.68. The van der Waals surface area contributed by atoms with Crippen molar-refractivity contribution in [1.82, 2.24) is 0 Å². The van der Waals surface area contributed by atoms with Crippen LogP contribution in [0.1, 0.15) is 0 Å². The van der Waals surface area contributed by atoms with Gasteiger partial charge >= 0.3 is 5.71 Å². The number of methoxy groups -OCH3 is 1. The molecule has 0 saturated heterocycles. The maximum atomic E-state index is 11.1. The highest BCUT2D eigenvalue weighted by Crippen LogP contribution is 2.31. The zero-order valence-electron chi connectivity index (χ0n) is 7.15. The summed E-state index contributed by atoms with van der Waals surface area (Å²) >= 11 is 0. The van der Waals surface area contributed by atoms with E-state index in [1.807, 2.05) is 37.0 Å². The van der Waals surface area contributed by atoms with Crippen LogP contribution in [0, 0.1) is 0 Å². The molecular weight excluding hydrogens is 171 g/mol. The number of ether oxygens (including phenoxy) is 1. The highest BCUT2D eigenvalue weighted by molar-refractivity contribution is 7.80. The second-order valence-corrected chi connectivity index (χ2v) is 4.36. The fraction of sp³-hybridized carbons (Fsp3) is 0.222. The molecule has 0 amide bonds. The van der Waals surface area contributed by atoms with Crippen LogP contribution >= 0.6 is 7.92 Å². The smallest absolute Gasteiger partial charge is 0.330 e. The first-order valence-electron chi connectivity index (χ1n) is 3.62. The van der Waals surface area contributed by atoms with Gasteiger partial charge < -0.3 is 4.74 Å². The van der Waals surface area contributed by atoms with Gasteiger partial charge in [-0.3, -0.25) is 0 Å². The molecule has 1 aromatic carbocycles. The van der Waals surface area contributed by atoms with Gasteiger partial charge in [-0.25, -0.2) is 4.79 Å². The van der Waals surface area contributed by atoms with Gasteiger partial charge in [-0.1, -0.05) is 30.3 Å². The molecule has 0 aliphatic carbocycles. The van der Waals surface area contributed by atoms with E-state index in [-0.39, 0.29) is 5.71 Å². The predicted molar refractivity (Wildman–Crippen MR) is 51.3 cm³/mol. The normalized spacial score (nSPS) is 12.2. The molecule has 0 radical (unpaired) electrons. The largest absolute Gasteiger partial charge is 0.466 e. The van der Waals surface area contributed by atoms with Gasteiger partial charge in [0, 0.05) is 7.92 Å². The van der Waals surface area contributed by atoms with Crippen LogP contribution in [-0.2, 0) is 4.74 Å². The standard InChI is InChI=1S/C9H11O2P/c1-11-9(10)12(2)8-6-4-3-5-7-8/h3-7H,1-2H3. The minimum Gasteiger partial charge on any atom is -0.466 e. The molecule has 64 valence electrons. The summed E-state index contributed by atoms with van der Waals surface area (Å²) in [5, 5.41) is 1.05. The zero-order valence-corrected chi connectivity index (χ0v) is 8.04. The molecule has 0 spiro atoms. The number of hydrogen-bond donors (Lipinski definition) is 0. The number of carbonyl (C=O) groups excluding carboxylic acids is 1. The van der Waals surface area contributed by atoms with E-state index in [9.17, 15) is 4.79 Å². The zero-order chi connectivity index (χ0) is 8.97. The molecule has 1 atom stereocenters. The Morgan fingerprint density at radius 3 is 2.42 bits per heavy atom. The molecule has 1 rings (SSSR count). The lowest BCUT2D eigenvalue weighted by atomic mass is 10.4. The van der Waals surface area contributed by atoms with Crippen LogP contribution in [0.2, 0.25) is 0 Å². The molecule has 0 aliphatic rings. The van der Waals surface area contributed by atoms with Gasteiger partial charge in [0.15, 0.2) is 0 Å². The highest BCUT2D eigenvalue weighted by Gasteiger charge is 2.13. The summed E-state index contributed by atoms with van der Waals surface area (Å²) < 4.78 is 4.66. The van der Waals surface area contributed by atoms with Gasteiger partial charge in [-0.05, 0) is 12.0 Å². The van der Waals surface area contributed by atoms with Crippen molar-refractivity contribution in [2.75, 3.05) is 13.8 Å². The van der Waals surface area contributed by atoms with Crippen LogP contribution in [0.5, 0.6) is 0 Å². The van der Waals surface area contributed by atoms with Gasteiger partial charge in [-0.2, -0.15) is 0 Å². The number of rotatable bonds is 2. The van der Waals surface area contributed by atoms with E-state index in [2.05, 4.69) is 4.74 Å². The quantitative estimate of drug-likeness (QED) is 0.655. The van der Waals surface area contributed by atoms with Crippen LogP contribution in [0.25, 0.3) is 0 Å². The van der Waals surface area contributed by atoms with Gasteiger partial charge in [0.1, 0.15) is 0 Å². The Bertz CT molecular complexity index is 258. The van der Waals surface area contributed by atoms with Crippen LogP contribution in [0.15, 0.2) is 30.3 Å². The fourth-order valence-corrected chi connectivity index (χ4v) is 2.00.